The minimum absolute atomic E-state index is 0.198. The second-order valence-electron chi connectivity index (χ2n) is 4.78. The van der Waals surface area contributed by atoms with Gasteiger partial charge < -0.3 is 0 Å². The van der Waals surface area contributed by atoms with Crippen molar-refractivity contribution >= 4 is 11.8 Å². The monoisotopic (exact) mass is 223 g/mol. The van der Waals surface area contributed by atoms with Crippen molar-refractivity contribution < 1.29 is 0 Å². The van der Waals surface area contributed by atoms with E-state index in [1.807, 2.05) is 11.8 Å². The predicted octanol–water partition coefficient (Wildman–Crippen LogP) is 3.78. The Labute approximate surface area is 97.9 Å². The zero-order valence-corrected chi connectivity index (χ0v) is 11.1. The summed E-state index contributed by atoms with van der Waals surface area (Å²) in [6.45, 7) is 6.75. The van der Waals surface area contributed by atoms with E-state index in [0.29, 0.717) is 5.37 Å². The topological polar surface area (TPSA) is 3.24 Å². The fourth-order valence-electron chi connectivity index (χ4n) is 1.49. The van der Waals surface area contributed by atoms with Gasteiger partial charge in [0.25, 0.3) is 0 Å². The Kier molecular flexibility index (Phi) is 4.23. The molecule has 84 valence electrons. The van der Waals surface area contributed by atoms with Crippen LogP contribution in [0.25, 0.3) is 0 Å². The first-order chi connectivity index (χ1) is 6.96. The summed E-state index contributed by atoms with van der Waals surface area (Å²) in [6.07, 6.45) is 2.17. The minimum Gasteiger partial charge on any atom is -0.286 e. The molecule has 1 atom stereocenters. The first-order valence-electron chi connectivity index (χ1n) is 5.27. The van der Waals surface area contributed by atoms with E-state index in [2.05, 4.69) is 69.3 Å². The summed E-state index contributed by atoms with van der Waals surface area (Å²) in [6, 6.07) is 10.7. The normalized spacial score (nSPS) is 14.3. The summed E-state index contributed by atoms with van der Waals surface area (Å²) in [7, 11) is 2.19. The zero-order chi connectivity index (χ0) is 11.5. The van der Waals surface area contributed by atoms with Gasteiger partial charge in [-0.25, -0.2) is 0 Å². The third kappa shape index (κ3) is 3.25. The SMILES string of the molecule is CSC(c1ccccc1)N(C)C(C)(C)C. The molecule has 0 amide bonds. The van der Waals surface area contributed by atoms with Gasteiger partial charge >= 0.3 is 0 Å². The van der Waals surface area contributed by atoms with Crippen molar-refractivity contribution in [2.24, 2.45) is 0 Å². The Balaban J connectivity index is 2.90. The first-order valence-corrected chi connectivity index (χ1v) is 6.56. The number of benzene rings is 1. The van der Waals surface area contributed by atoms with Gasteiger partial charge in [-0.3, -0.25) is 4.90 Å². The van der Waals surface area contributed by atoms with Crippen LogP contribution in [0.1, 0.15) is 31.7 Å². The summed E-state index contributed by atoms with van der Waals surface area (Å²) in [5.74, 6) is 0. The lowest BCUT2D eigenvalue weighted by Crippen LogP contribution is -2.39. The summed E-state index contributed by atoms with van der Waals surface area (Å²) < 4.78 is 0. The van der Waals surface area contributed by atoms with Crippen LogP contribution >= 0.6 is 11.8 Å². The average Bonchev–Trinajstić information content (AvgIpc) is 2.19. The predicted molar refractivity (Wildman–Crippen MR) is 70.2 cm³/mol. The number of nitrogens with zero attached hydrogens (tertiary/aromatic N) is 1. The lowest BCUT2D eigenvalue weighted by atomic mass is 10.1. The molecular formula is C13H21NS. The van der Waals surface area contributed by atoms with Gasteiger partial charge in [-0.05, 0) is 39.6 Å². The Bertz CT molecular complexity index is 289. The molecule has 0 saturated heterocycles. The van der Waals surface area contributed by atoms with E-state index >= 15 is 0 Å². The van der Waals surface area contributed by atoms with Gasteiger partial charge in [-0.2, -0.15) is 0 Å². The lowest BCUT2D eigenvalue weighted by molar-refractivity contribution is 0.162. The van der Waals surface area contributed by atoms with Gasteiger partial charge in [0.2, 0.25) is 0 Å². The first kappa shape index (κ1) is 12.6. The quantitative estimate of drug-likeness (QED) is 0.717. The van der Waals surface area contributed by atoms with E-state index in [1.54, 1.807) is 0 Å². The van der Waals surface area contributed by atoms with Crippen LogP contribution in [0.3, 0.4) is 0 Å². The van der Waals surface area contributed by atoms with Crippen LogP contribution < -0.4 is 0 Å². The third-order valence-electron chi connectivity index (χ3n) is 2.72. The molecule has 0 aliphatic heterocycles. The molecule has 0 fully saturated rings. The standard InChI is InChI=1S/C13H21NS/c1-13(2,3)14(4)12(15-5)11-9-7-6-8-10-11/h6-10,12H,1-5H3. The molecule has 15 heavy (non-hydrogen) atoms. The van der Waals surface area contributed by atoms with Crippen molar-refractivity contribution in [1.29, 1.82) is 0 Å². The Morgan fingerprint density at radius 2 is 1.67 bits per heavy atom. The molecule has 2 heteroatoms. The van der Waals surface area contributed by atoms with E-state index in [1.165, 1.54) is 5.56 Å². The highest BCUT2D eigenvalue weighted by Gasteiger charge is 2.25. The summed E-state index contributed by atoms with van der Waals surface area (Å²) in [5, 5.41) is 0.436. The highest BCUT2D eigenvalue weighted by molar-refractivity contribution is 7.98. The van der Waals surface area contributed by atoms with Crippen LogP contribution in [0.15, 0.2) is 30.3 Å². The number of hydrogen-bond acceptors (Lipinski definition) is 2. The molecule has 0 aliphatic carbocycles. The minimum atomic E-state index is 0.198. The molecule has 1 unspecified atom stereocenters. The highest BCUT2D eigenvalue weighted by Crippen LogP contribution is 2.33. The Morgan fingerprint density at radius 3 is 2.07 bits per heavy atom. The van der Waals surface area contributed by atoms with Crippen molar-refractivity contribution in [3.05, 3.63) is 35.9 Å². The molecule has 1 aromatic carbocycles. The summed E-state index contributed by atoms with van der Waals surface area (Å²) in [5.41, 5.74) is 1.58. The second kappa shape index (κ2) is 5.04. The van der Waals surface area contributed by atoms with E-state index in [-0.39, 0.29) is 5.54 Å². The molecule has 0 N–H and O–H groups in total. The average molecular weight is 223 g/mol. The van der Waals surface area contributed by atoms with Crippen molar-refractivity contribution in [1.82, 2.24) is 4.90 Å². The van der Waals surface area contributed by atoms with Crippen LogP contribution in [-0.2, 0) is 0 Å². The third-order valence-corrected chi connectivity index (χ3v) is 3.75. The second-order valence-corrected chi connectivity index (χ2v) is 5.70. The van der Waals surface area contributed by atoms with Crippen LogP contribution in [0.2, 0.25) is 0 Å². The molecule has 0 bridgehead atoms. The molecule has 1 aromatic rings. The maximum Gasteiger partial charge on any atom is 0.0813 e. The molecule has 0 heterocycles. The summed E-state index contributed by atoms with van der Waals surface area (Å²) >= 11 is 1.88. The van der Waals surface area contributed by atoms with Gasteiger partial charge in [-0.1, -0.05) is 30.3 Å². The largest absolute Gasteiger partial charge is 0.286 e. The van der Waals surface area contributed by atoms with Crippen molar-refractivity contribution in [3.63, 3.8) is 0 Å². The van der Waals surface area contributed by atoms with E-state index in [0.717, 1.165) is 0 Å². The molecule has 0 aromatic heterocycles. The van der Waals surface area contributed by atoms with Crippen LogP contribution in [-0.4, -0.2) is 23.7 Å². The number of rotatable bonds is 3. The fraction of sp³-hybridized carbons (Fsp3) is 0.538. The van der Waals surface area contributed by atoms with E-state index < -0.39 is 0 Å². The fourth-order valence-corrected chi connectivity index (χ4v) is 2.55. The zero-order valence-electron chi connectivity index (χ0n) is 10.3. The molecule has 1 nitrogen and oxygen atoms in total. The molecule has 0 aliphatic rings. The highest BCUT2D eigenvalue weighted by atomic mass is 32.2. The van der Waals surface area contributed by atoms with Crippen molar-refractivity contribution in [2.75, 3.05) is 13.3 Å². The summed E-state index contributed by atoms with van der Waals surface area (Å²) in [4.78, 5) is 2.41. The Hall–Kier alpha value is -0.470. The van der Waals surface area contributed by atoms with Gasteiger partial charge in [0, 0.05) is 5.54 Å². The van der Waals surface area contributed by atoms with Crippen LogP contribution in [0.5, 0.6) is 0 Å². The number of hydrogen-bond donors (Lipinski definition) is 0. The smallest absolute Gasteiger partial charge is 0.0813 e. The van der Waals surface area contributed by atoms with E-state index in [9.17, 15) is 0 Å². The molecule has 1 rings (SSSR count). The van der Waals surface area contributed by atoms with Gasteiger partial charge in [0.15, 0.2) is 0 Å². The van der Waals surface area contributed by atoms with Crippen LogP contribution in [0.4, 0.5) is 0 Å². The van der Waals surface area contributed by atoms with Gasteiger partial charge in [-0.15, -0.1) is 11.8 Å². The molecule has 0 radical (unpaired) electrons. The van der Waals surface area contributed by atoms with Gasteiger partial charge in [0.05, 0.1) is 5.37 Å². The maximum absolute atomic E-state index is 2.41. The molecular weight excluding hydrogens is 202 g/mol. The molecule has 0 spiro atoms. The molecule has 0 saturated carbocycles. The van der Waals surface area contributed by atoms with Crippen LogP contribution in [0, 0.1) is 0 Å². The maximum atomic E-state index is 2.41. The van der Waals surface area contributed by atoms with E-state index in [4.69, 9.17) is 0 Å². The van der Waals surface area contributed by atoms with Crippen molar-refractivity contribution in [3.8, 4) is 0 Å². The number of thioether (sulfide) groups is 1. The Morgan fingerprint density at radius 1 is 1.13 bits per heavy atom. The lowest BCUT2D eigenvalue weighted by Gasteiger charge is -2.38. The van der Waals surface area contributed by atoms with Crippen molar-refractivity contribution in [2.45, 2.75) is 31.7 Å². The van der Waals surface area contributed by atoms with Gasteiger partial charge in [0.1, 0.15) is 0 Å².